The van der Waals surface area contributed by atoms with Crippen molar-refractivity contribution in [2.75, 3.05) is 0 Å². The molecule has 88 valence electrons. The lowest BCUT2D eigenvalue weighted by molar-refractivity contribution is 0.562. The fourth-order valence-corrected chi connectivity index (χ4v) is 2.60. The lowest BCUT2D eigenvalue weighted by atomic mass is 9.92. The van der Waals surface area contributed by atoms with Gasteiger partial charge in [0.05, 0.1) is 11.4 Å². The molecular weight excluding hydrogens is 210 g/mol. The van der Waals surface area contributed by atoms with Crippen LogP contribution in [0.15, 0.2) is 30.3 Å². The molecule has 0 aliphatic heterocycles. The maximum absolute atomic E-state index is 6.03. The third-order valence-electron chi connectivity index (χ3n) is 3.51. The average molecular weight is 227 g/mol. The Kier molecular flexibility index (Phi) is 2.48. The molecule has 1 unspecified atom stereocenters. The van der Waals surface area contributed by atoms with Crippen molar-refractivity contribution in [3.8, 4) is 5.69 Å². The zero-order valence-electron chi connectivity index (χ0n) is 10.1. The number of para-hydroxylation sites is 1. The summed E-state index contributed by atoms with van der Waals surface area (Å²) in [5, 5.41) is 4.66. The van der Waals surface area contributed by atoms with Crippen molar-refractivity contribution < 1.29 is 0 Å². The van der Waals surface area contributed by atoms with Crippen LogP contribution in [0.5, 0.6) is 0 Å². The van der Waals surface area contributed by atoms with Gasteiger partial charge in [0.25, 0.3) is 0 Å². The molecule has 3 rings (SSSR count). The second-order valence-electron chi connectivity index (χ2n) is 4.76. The van der Waals surface area contributed by atoms with E-state index in [0.29, 0.717) is 6.04 Å². The molecule has 0 saturated heterocycles. The standard InChI is InChI=1S/C14H17N3/c1-10-13-9-11(15)7-8-14(13)17(16-10)12-5-3-2-4-6-12/h2-6,11H,7-9,15H2,1H3. The summed E-state index contributed by atoms with van der Waals surface area (Å²) in [6.45, 7) is 2.08. The molecule has 1 aliphatic rings. The monoisotopic (exact) mass is 227 g/mol. The van der Waals surface area contributed by atoms with Crippen molar-refractivity contribution in [2.45, 2.75) is 32.2 Å². The van der Waals surface area contributed by atoms with Crippen molar-refractivity contribution in [3.63, 3.8) is 0 Å². The van der Waals surface area contributed by atoms with E-state index in [0.717, 1.165) is 30.6 Å². The van der Waals surface area contributed by atoms with Crippen molar-refractivity contribution in [1.82, 2.24) is 9.78 Å². The van der Waals surface area contributed by atoms with Gasteiger partial charge in [0, 0.05) is 11.7 Å². The number of fused-ring (bicyclic) bond motifs is 1. The lowest BCUT2D eigenvalue weighted by Crippen LogP contribution is -2.28. The van der Waals surface area contributed by atoms with E-state index in [1.165, 1.54) is 11.3 Å². The first kappa shape index (κ1) is 10.5. The molecule has 0 fully saturated rings. The first-order valence-corrected chi connectivity index (χ1v) is 6.14. The smallest absolute Gasteiger partial charge is 0.0649 e. The Balaban J connectivity index is 2.11. The Morgan fingerprint density at radius 2 is 2.06 bits per heavy atom. The molecule has 1 aromatic carbocycles. The highest BCUT2D eigenvalue weighted by Crippen LogP contribution is 2.25. The normalized spacial score (nSPS) is 19.1. The summed E-state index contributed by atoms with van der Waals surface area (Å²) in [7, 11) is 0. The number of nitrogens with two attached hydrogens (primary N) is 1. The third-order valence-corrected chi connectivity index (χ3v) is 3.51. The van der Waals surface area contributed by atoms with Gasteiger partial charge in [-0.25, -0.2) is 4.68 Å². The van der Waals surface area contributed by atoms with Gasteiger partial charge in [-0.05, 0) is 43.9 Å². The van der Waals surface area contributed by atoms with Gasteiger partial charge in [-0.15, -0.1) is 0 Å². The van der Waals surface area contributed by atoms with Gasteiger partial charge in [0.2, 0.25) is 0 Å². The SMILES string of the molecule is Cc1nn(-c2ccccc2)c2c1CC(N)CC2. The van der Waals surface area contributed by atoms with Gasteiger partial charge < -0.3 is 5.73 Å². The van der Waals surface area contributed by atoms with Crippen LogP contribution in [-0.4, -0.2) is 15.8 Å². The van der Waals surface area contributed by atoms with Gasteiger partial charge in [0.1, 0.15) is 0 Å². The highest BCUT2D eigenvalue weighted by atomic mass is 15.3. The van der Waals surface area contributed by atoms with E-state index in [1.807, 2.05) is 18.2 Å². The molecule has 3 nitrogen and oxygen atoms in total. The van der Waals surface area contributed by atoms with Crippen LogP contribution in [0.1, 0.15) is 23.4 Å². The van der Waals surface area contributed by atoms with Crippen molar-refractivity contribution in [2.24, 2.45) is 5.73 Å². The fourth-order valence-electron chi connectivity index (χ4n) is 2.60. The summed E-state index contributed by atoms with van der Waals surface area (Å²) >= 11 is 0. The predicted molar refractivity (Wildman–Crippen MR) is 68.3 cm³/mol. The highest BCUT2D eigenvalue weighted by molar-refractivity contribution is 5.39. The molecule has 0 spiro atoms. The first-order valence-electron chi connectivity index (χ1n) is 6.14. The maximum atomic E-state index is 6.03. The third kappa shape index (κ3) is 1.76. The molecule has 3 heteroatoms. The molecule has 1 heterocycles. The Bertz CT molecular complexity index is 528. The van der Waals surface area contributed by atoms with E-state index in [-0.39, 0.29) is 0 Å². The molecule has 0 radical (unpaired) electrons. The second-order valence-corrected chi connectivity index (χ2v) is 4.76. The molecule has 2 aromatic rings. The number of hydrogen-bond donors (Lipinski definition) is 1. The summed E-state index contributed by atoms with van der Waals surface area (Å²) in [5.74, 6) is 0. The summed E-state index contributed by atoms with van der Waals surface area (Å²) < 4.78 is 2.08. The van der Waals surface area contributed by atoms with Gasteiger partial charge in [-0.3, -0.25) is 0 Å². The summed E-state index contributed by atoms with van der Waals surface area (Å²) in [5.41, 5.74) is 11.0. The van der Waals surface area contributed by atoms with Crippen LogP contribution in [0.25, 0.3) is 5.69 Å². The topological polar surface area (TPSA) is 43.8 Å². The number of rotatable bonds is 1. The van der Waals surface area contributed by atoms with Crippen LogP contribution in [0, 0.1) is 6.92 Å². The molecule has 0 amide bonds. The molecule has 1 atom stereocenters. The van der Waals surface area contributed by atoms with Gasteiger partial charge in [0.15, 0.2) is 0 Å². The number of aryl methyl sites for hydroxylation is 1. The minimum atomic E-state index is 0.301. The Labute approximate surface area is 101 Å². The first-order chi connectivity index (χ1) is 8.25. The summed E-state index contributed by atoms with van der Waals surface area (Å²) in [6.07, 6.45) is 3.06. The van der Waals surface area contributed by atoms with Gasteiger partial charge >= 0.3 is 0 Å². The Morgan fingerprint density at radius 3 is 2.82 bits per heavy atom. The van der Waals surface area contributed by atoms with Crippen LogP contribution in [0.4, 0.5) is 0 Å². The van der Waals surface area contributed by atoms with Crippen molar-refractivity contribution >= 4 is 0 Å². The number of benzene rings is 1. The zero-order valence-corrected chi connectivity index (χ0v) is 10.1. The van der Waals surface area contributed by atoms with E-state index in [1.54, 1.807) is 0 Å². The lowest BCUT2D eigenvalue weighted by Gasteiger charge is -2.19. The van der Waals surface area contributed by atoms with Gasteiger partial charge in [-0.2, -0.15) is 5.10 Å². The molecule has 17 heavy (non-hydrogen) atoms. The number of nitrogens with zero attached hydrogens (tertiary/aromatic N) is 2. The largest absolute Gasteiger partial charge is 0.327 e. The predicted octanol–water partition coefficient (Wildman–Crippen LogP) is 2.00. The van der Waals surface area contributed by atoms with E-state index < -0.39 is 0 Å². The number of hydrogen-bond acceptors (Lipinski definition) is 2. The molecule has 1 aromatic heterocycles. The van der Waals surface area contributed by atoms with E-state index >= 15 is 0 Å². The molecular formula is C14H17N3. The zero-order chi connectivity index (χ0) is 11.8. The minimum Gasteiger partial charge on any atom is -0.327 e. The molecule has 2 N–H and O–H groups in total. The summed E-state index contributed by atoms with van der Waals surface area (Å²) in [4.78, 5) is 0. The minimum absolute atomic E-state index is 0.301. The molecule has 0 bridgehead atoms. The highest BCUT2D eigenvalue weighted by Gasteiger charge is 2.23. The summed E-state index contributed by atoms with van der Waals surface area (Å²) in [6, 6.07) is 10.6. The van der Waals surface area contributed by atoms with E-state index in [4.69, 9.17) is 5.73 Å². The van der Waals surface area contributed by atoms with E-state index in [9.17, 15) is 0 Å². The molecule has 0 saturated carbocycles. The van der Waals surface area contributed by atoms with Crippen LogP contribution < -0.4 is 5.73 Å². The van der Waals surface area contributed by atoms with Crippen LogP contribution in [-0.2, 0) is 12.8 Å². The fraction of sp³-hybridized carbons (Fsp3) is 0.357. The maximum Gasteiger partial charge on any atom is 0.0649 e. The van der Waals surface area contributed by atoms with Crippen LogP contribution in [0.2, 0.25) is 0 Å². The van der Waals surface area contributed by atoms with Gasteiger partial charge in [-0.1, -0.05) is 18.2 Å². The Morgan fingerprint density at radius 1 is 1.29 bits per heavy atom. The Hall–Kier alpha value is -1.61. The quantitative estimate of drug-likeness (QED) is 0.809. The van der Waals surface area contributed by atoms with Crippen molar-refractivity contribution in [3.05, 3.63) is 47.3 Å². The average Bonchev–Trinajstić information content (AvgIpc) is 2.68. The van der Waals surface area contributed by atoms with Crippen LogP contribution in [0.3, 0.4) is 0 Å². The second kappa shape index (κ2) is 4.00. The number of aromatic nitrogens is 2. The van der Waals surface area contributed by atoms with Crippen LogP contribution >= 0.6 is 0 Å². The molecule has 1 aliphatic carbocycles. The van der Waals surface area contributed by atoms with Crippen molar-refractivity contribution in [1.29, 1.82) is 0 Å². The van der Waals surface area contributed by atoms with E-state index in [2.05, 4.69) is 28.8 Å².